The Bertz CT molecular complexity index is 800. The molecule has 2 rings (SSSR count). The zero-order chi connectivity index (χ0) is 18.2. The van der Waals surface area contributed by atoms with E-state index in [4.69, 9.17) is 5.26 Å². The van der Waals surface area contributed by atoms with Crippen LogP contribution in [0.1, 0.15) is 12.0 Å². The SMILES string of the molecule is CN(CCC(=O)Nc1sccc1C#N)CC(=O)Nc1cccc(F)c1. The number of carbonyl (C=O) groups excluding carboxylic acids is 2. The van der Waals surface area contributed by atoms with E-state index in [0.717, 1.165) is 0 Å². The number of nitrogens with zero attached hydrogens (tertiary/aromatic N) is 2. The predicted octanol–water partition coefficient (Wildman–Crippen LogP) is 2.66. The highest BCUT2D eigenvalue weighted by molar-refractivity contribution is 7.14. The molecule has 0 bridgehead atoms. The summed E-state index contributed by atoms with van der Waals surface area (Å²) in [4.78, 5) is 25.5. The minimum atomic E-state index is -0.423. The first kappa shape index (κ1) is 18.6. The van der Waals surface area contributed by atoms with Gasteiger partial charge in [0.15, 0.2) is 0 Å². The van der Waals surface area contributed by atoms with Gasteiger partial charge in [-0.05, 0) is 36.7 Å². The van der Waals surface area contributed by atoms with Crippen molar-refractivity contribution in [2.24, 2.45) is 0 Å². The summed E-state index contributed by atoms with van der Waals surface area (Å²) in [6.07, 6.45) is 0.187. The molecule has 1 heterocycles. The van der Waals surface area contributed by atoms with Crippen molar-refractivity contribution in [3.05, 3.63) is 47.1 Å². The van der Waals surface area contributed by atoms with Gasteiger partial charge in [0.1, 0.15) is 16.9 Å². The summed E-state index contributed by atoms with van der Waals surface area (Å²) in [6, 6.07) is 9.29. The molecule has 6 nitrogen and oxygen atoms in total. The summed E-state index contributed by atoms with van der Waals surface area (Å²) in [5, 5.41) is 16.4. The third-order valence-corrected chi connectivity index (χ3v) is 4.11. The van der Waals surface area contributed by atoms with E-state index >= 15 is 0 Å². The molecule has 25 heavy (non-hydrogen) atoms. The van der Waals surface area contributed by atoms with Crippen molar-refractivity contribution in [1.82, 2.24) is 4.90 Å². The molecule has 1 aromatic carbocycles. The van der Waals surface area contributed by atoms with Gasteiger partial charge < -0.3 is 10.6 Å². The minimum Gasteiger partial charge on any atom is -0.325 e. The van der Waals surface area contributed by atoms with E-state index in [0.29, 0.717) is 22.8 Å². The maximum atomic E-state index is 13.1. The summed E-state index contributed by atoms with van der Waals surface area (Å²) in [5.41, 5.74) is 0.819. The molecule has 0 radical (unpaired) electrons. The third kappa shape index (κ3) is 5.99. The van der Waals surface area contributed by atoms with Gasteiger partial charge in [0, 0.05) is 18.7 Å². The van der Waals surface area contributed by atoms with Gasteiger partial charge >= 0.3 is 0 Å². The molecule has 0 aliphatic carbocycles. The molecule has 0 atom stereocenters. The summed E-state index contributed by atoms with van der Waals surface area (Å²) >= 11 is 1.29. The molecule has 0 spiro atoms. The molecule has 0 aliphatic heterocycles. The Hall–Kier alpha value is -2.76. The van der Waals surface area contributed by atoms with Crippen molar-refractivity contribution in [2.75, 3.05) is 30.8 Å². The molecule has 2 N–H and O–H groups in total. The van der Waals surface area contributed by atoms with Gasteiger partial charge in [0.25, 0.3) is 0 Å². The first-order valence-electron chi connectivity index (χ1n) is 7.49. The fraction of sp³-hybridized carbons (Fsp3) is 0.235. The van der Waals surface area contributed by atoms with Gasteiger partial charge in [0.05, 0.1) is 12.1 Å². The number of benzene rings is 1. The van der Waals surface area contributed by atoms with E-state index in [1.165, 1.54) is 29.5 Å². The summed E-state index contributed by atoms with van der Waals surface area (Å²) in [7, 11) is 1.71. The number of carbonyl (C=O) groups is 2. The van der Waals surface area contributed by atoms with Gasteiger partial charge in [-0.3, -0.25) is 14.5 Å². The van der Waals surface area contributed by atoms with E-state index in [1.54, 1.807) is 29.5 Å². The van der Waals surface area contributed by atoms with Crippen LogP contribution in [-0.4, -0.2) is 36.9 Å². The fourth-order valence-corrected chi connectivity index (χ4v) is 2.82. The number of hydrogen-bond acceptors (Lipinski definition) is 5. The third-order valence-electron chi connectivity index (χ3n) is 3.28. The van der Waals surface area contributed by atoms with E-state index < -0.39 is 5.82 Å². The summed E-state index contributed by atoms with van der Waals surface area (Å²) in [5.74, 6) is -0.942. The number of nitrogens with one attached hydrogen (secondary N) is 2. The molecular weight excluding hydrogens is 343 g/mol. The summed E-state index contributed by atoms with van der Waals surface area (Å²) < 4.78 is 13.1. The van der Waals surface area contributed by atoms with Crippen molar-refractivity contribution in [3.8, 4) is 6.07 Å². The van der Waals surface area contributed by atoms with Gasteiger partial charge in [-0.25, -0.2) is 4.39 Å². The molecule has 130 valence electrons. The Morgan fingerprint density at radius 1 is 1.28 bits per heavy atom. The normalized spacial score (nSPS) is 10.3. The highest BCUT2D eigenvalue weighted by Gasteiger charge is 2.11. The van der Waals surface area contributed by atoms with Crippen LogP contribution in [0.3, 0.4) is 0 Å². The lowest BCUT2D eigenvalue weighted by molar-refractivity contribution is -0.119. The number of anilines is 2. The monoisotopic (exact) mass is 360 g/mol. The Labute approximate surface area is 148 Å². The number of nitriles is 1. The highest BCUT2D eigenvalue weighted by Crippen LogP contribution is 2.22. The lowest BCUT2D eigenvalue weighted by atomic mass is 10.3. The molecule has 8 heteroatoms. The average molecular weight is 360 g/mol. The van der Waals surface area contributed by atoms with Gasteiger partial charge in [-0.15, -0.1) is 11.3 Å². The van der Waals surface area contributed by atoms with E-state index in [-0.39, 0.29) is 24.8 Å². The highest BCUT2D eigenvalue weighted by atomic mass is 32.1. The second kappa shape index (κ2) is 8.92. The minimum absolute atomic E-state index is 0.0756. The van der Waals surface area contributed by atoms with Crippen molar-refractivity contribution in [3.63, 3.8) is 0 Å². The number of rotatable bonds is 7. The maximum absolute atomic E-state index is 13.1. The van der Waals surface area contributed by atoms with E-state index in [2.05, 4.69) is 10.6 Å². The Balaban J connectivity index is 1.74. The number of hydrogen-bond donors (Lipinski definition) is 2. The number of amides is 2. The van der Waals surface area contributed by atoms with Crippen molar-refractivity contribution < 1.29 is 14.0 Å². The lowest BCUT2D eigenvalue weighted by Gasteiger charge is -2.16. The van der Waals surface area contributed by atoms with Crippen LogP contribution >= 0.6 is 11.3 Å². The smallest absolute Gasteiger partial charge is 0.238 e. The Morgan fingerprint density at radius 3 is 2.80 bits per heavy atom. The van der Waals surface area contributed by atoms with Crippen LogP contribution in [0.4, 0.5) is 15.1 Å². The van der Waals surface area contributed by atoms with Gasteiger partial charge in [0.2, 0.25) is 11.8 Å². The van der Waals surface area contributed by atoms with Crippen LogP contribution in [0.25, 0.3) is 0 Å². The van der Waals surface area contributed by atoms with E-state index in [1.807, 2.05) is 6.07 Å². The van der Waals surface area contributed by atoms with Crippen LogP contribution in [0.2, 0.25) is 0 Å². The molecule has 0 aliphatic rings. The molecule has 0 saturated heterocycles. The summed E-state index contributed by atoms with van der Waals surface area (Å²) in [6.45, 7) is 0.446. The van der Waals surface area contributed by atoms with Crippen molar-refractivity contribution in [2.45, 2.75) is 6.42 Å². The zero-order valence-electron chi connectivity index (χ0n) is 13.6. The molecular formula is C17H17FN4O2S. The van der Waals surface area contributed by atoms with Crippen LogP contribution in [-0.2, 0) is 9.59 Å². The van der Waals surface area contributed by atoms with Gasteiger partial charge in [-0.1, -0.05) is 6.07 Å². The van der Waals surface area contributed by atoms with Crippen molar-refractivity contribution in [1.29, 1.82) is 5.26 Å². The molecule has 2 aromatic rings. The second-order valence-corrected chi connectivity index (χ2v) is 6.29. The van der Waals surface area contributed by atoms with Crippen LogP contribution in [0, 0.1) is 17.1 Å². The molecule has 1 aromatic heterocycles. The number of thiophene rings is 1. The van der Waals surface area contributed by atoms with Crippen LogP contribution in [0.15, 0.2) is 35.7 Å². The predicted molar refractivity (Wildman–Crippen MR) is 94.8 cm³/mol. The first-order valence-corrected chi connectivity index (χ1v) is 8.37. The topological polar surface area (TPSA) is 85.2 Å². The molecule has 0 unspecified atom stereocenters. The lowest BCUT2D eigenvalue weighted by Crippen LogP contribution is -2.32. The van der Waals surface area contributed by atoms with Gasteiger partial charge in [-0.2, -0.15) is 5.26 Å². The molecule has 0 saturated carbocycles. The largest absolute Gasteiger partial charge is 0.325 e. The van der Waals surface area contributed by atoms with E-state index in [9.17, 15) is 14.0 Å². The Morgan fingerprint density at radius 2 is 2.08 bits per heavy atom. The first-order chi connectivity index (χ1) is 12.0. The molecule has 0 fully saturated rings. The quantitative estimate of drug-likeness (QED) is 0.795. The number of likely N-dealkylation sites (N-methyl/N-ethyl adjacent to an activating group) is 1. The Kier molecular flexibility index (Phi) is 6.62. The van der Waals surface area contributed by atoms with Crippen LogP contribution in [0.5, 0.6) is 0 Å². The molecule has 2 amide bonds. The average Bonchev–Trinajstić information content (AvgIpc) is 3.00. The maximum Gasteiger partial charge on any atom is 0.238 e. The number of halogens is 1. The standard InChI is InChI=1S/C17H17FN4O2S/c1-22(11-16(24)20-14-4-2-3-13(18)9-14)7-5-15(23)21-17-12(10-19)6-8-25-17/h2-4,6,8-9H,5,7,11H2,1H3,(H,20,24)(H,21,23). The second-order valence-electron chi connectivity index (χ2n) is 5.37. The van der Waals surface area contributed by atoms with Crippen LogP contribution < -0.4 is 10.6 Å². The zero-order valence-corrected chi connectivity index (χ0v) is 14.4. The van der Waals surface area contributed by atoms with Crippen molar-refractivity contribution >= 4 is 33.8 Å². The fourth-order valence-electron chi connectivity index (χ4n) is 2.07.